The molecule has 2 aromatic rings. The molecule has 1 saturated carbocycles. The van der Waals surface area contributed by atoms with Crippen molar-refractivity contribution in [2.75, 3.05) is 5.73 Å². The van der Waals surface area contributed by atoms with Crippen molar-refractivity contribution >= 4 is 34.6 Å². The standard InChI is InChI=1S/C17H19ClN2O3S/c1-9-7-17(23,3-2-13(9)15(21)22)16-20-8-14(24-16)10-4-11(18)6-12(19)5-10/h4-6,8-9,13,23H,2-3,7,19H2,1H3,(H,21,22). The zero-order valence-electron chi connectivity index (χ0n) is 13.2. The minimum absolute atomic E-state index is 0.101. The number of aromatic nitrogens is 1. The first-order valence-corrected chi connectivity index (χ1v) is 8.96. The van der Waals surface area contributed by atoms with Crippen LogP contribution in [-0.4, -0.2) is 21.2 Å². The minimum atomic E-state index is -1.07. The highest BCUT2D eigenvalue weighted by molar-refractivity contribution is 7.15. The number of thiazole rings is 1. The first kappa shape index (κ1) is 17.2. The fourth-order valence-corrected chi connectivity index (χ4v) is 4.67. The first-order chi connectivity index (χ1) is 11.3. The van der Waals surface area contributed by atoms with Gasteiger partial charge in [-0.3, -0.25) is 4.79 Å². The summed E-state index contributed by atoms with van der Waals surface area (Å²) in [5, 5.41) is 21.4. The van der Waals surface area contributed by atoms with Crippen molar-refractivity contribution in [1.82, 2.24) is 4.98 Å². The Labute approximate surface area is 149 Å². The van der Waals surface area contributed by atoms with Gasteiger partial charge in [0.1, 0.15) is 10.6 Å². The molecule has 1 aromatic heterocycles. The number of carboxylic acid groups (broad SMARTS) is 1. The average molecular weight is 367 g/mol. The fourth-order valence-electron chi connectivity index (χ4n) is 3.39. The predicted octanol–water partition coefficient (Wildman–Crippen LogP) is 3.75. The van der Waals surface area contributed by atoms with Gasteiger partial charge in [-0.15, -0.1) is 11.3 Å². The number of nitrogen functional groups attached to an aromatic ring is 1. The van der Waals surface area contributed by atoms with Crippen molar-refractivity contribution < 1.29 is 15.0 Å². The summed E-state index contributed by atoms with van der Waals surface area (Å²) in [4.78, 5) is 16.5. The minimum Gasteiger partial charge on any atom is -0.481 e. The number of carbonyl (C=O) groups is 1. The third kappa shape index (κ3) is 3.27. The predicted molar refractivity (Wildman–Crippen MR) is 95.0 cm³/mol. The van der Waals surface area contributed by atoms with Gasteiger partial charge in [0.15, 0.2) is 0 Å². The van der Waals surface area contributed by atoms with Gasteiger partial charge in [-0.05, 0) is 48.9 Å². The maximum atomic E-state index is 11.2. The molecule has 0 spiro atoms. The first-order valence-electron chi connectivity index (χ1n) is 7.76. The summed E-state index contributed by atoms with van der Waals surface area (Å²) >= 11 is 7.44. The molecule has 7 heteroatoms. The van der Waals surface area contributed by atoms with Gasteiger partial charge in [0.25, 0.3) is 0 Å². The van der Waals surface area contributed by atoms with Crippen LogP contribution in [0, 0.1) is 11.8 Å². The van der Waals surface area contributed by atoms with E-state index in [1.165, 1.54) is 11.3 Å². The molecule has 1 aliphatic rings. The van der Waals surface area contributed by atoms with Crippen molar-refractivity contribution in [3.05, 3.63) is 34.4 Å². The maximum absolute atomic E-state index is 11.2. The van der Waals surface area contributed by atoms with Crippen LogP contribution in [0.5, 0.6) is 0 Å². The molecule has 4 N–H and O–H groups in total. The SMILES string of the molecule is CC1CC(O)(c2ncc(-c3cc(N)cc(Cl)c3)s2)CCC1C(=O)O. The van der Waals surface area contributed by atoms with Crippen LogP contribution in [-0.2, 0) is 10.4 Å². The van der Waals surface area contributed by atoms with E-state index in [4.69, 9.17) is 17.3 Å². The smallest absolute Gasteiger partial charge is 0.306 e. The third-order valence-corrected chi connectivity index (χ3v) is 6.10. The van der Waals surface area contributed by atoms with Crippen LogP contribution >= 0.6 is 22.9 Å². The molecule has 0 amide bonds. The van der Waals surface area contributed by atoms with Crippen LogP contribution in [0.25, 0.3) is 10.4 Å². The summed E-state index contributed by atoms with van der Waals surface area (Å²) in [6, 6.07) is 5.30. The maximum Gasteiger partial charge on any atom is 0.306 e. The molecule has 3 unspecified atom stereocenters. The van der Waals surface area contributed by atoms with E-state index in [2.05, 4.69) is 4.98 Å². The largest absolute Gasteiger partial charge is 0.481 e. The number of rotatable bonds is 3. The quantitative estimate of drug-likeness (QED) is 0.719. The Morgan fingerprint density at radius 2 is 2.21 bits per heavy atom. The molecular formula is C17H19ClN2O3S. The second-order valence-electron chi connectivity index (χ2n) is 6.50. The van der Waals surface area contributed by atoms with Gasteiger partial charge in [0.2, 0.25) is 0 Å². The molecule has 1 aromatic carbocycles. The van der Waals surface area contributed by atoms with E-state index in [1.54, 1.807) is 12.3 Å². The van der Waals surface area contributed by atoms with Gasteiger partial charge in [0, 0.05) is 16.9 Å². The van der Waals surface area contributed by atoms with Gasteiger partial charge >= 0.3 is 5.97 Å². The number of carboxylic acids is 1. The van der Waals surface area contributed by atoms with Crippen molar-refractivity contribution in [3.63, 3.8) is 0 Å². The number of anilines is 1. The number of benzene rings is 1. The zero-order chi connectivity index (χ0) is 17.5. The molecule has 24 heavy (non-hydrogen) atoms. The third-order valence-electron chi connectivity index (χ3n) is 4.64. The van der Waals surface area contributed by atoms with Gasteiger partial charge in [-0.1, -0.05) is 18.5 Å². The molecule has 0 aliphatic heterocycles. The van der Waals surface area contributed by atoms with Crippen LogP contribution in [0.4, 0.5) is 5.69 Å². The van der Waals surface area contributed by atoms with Crippen LogP contribution in [0.3, 0.4) is 0 Å². The second kappa shape index (κ2) is 6.35. The van der Waals surface area contributed by atoms with E-state index < -0.39 is 17.5 Å². The van der Waals surface area contributed by atoms with Crippen LogP contribution in [0.15, 0.2) is 24.4 Å². The summed E-state index contributed by atoms with van der Waals surface area (Å²) in [6.45, 7) is 1.87. The molecule has 1 fully saturated rings. The molecule has 1 aliphatic carbocycles. The van der Waals surface area contributed by atoms with Gasteiger partial charge in [-0.25, -0.2) is 4.98 Å². The lowest BCUT2D eigenvalue weighted by Gasteiger charge is -2.37. The van der Waals surface area contributed by atoms with E-state index in [0.29, 0.717) is 35.0 Å². The summed E-state index contributed by atoms with van der Waals surface area (Å²) in [6.07, 6.45) is 2.95. The van der Waals surface area contributed by atoms with Crippen molar-refractivity contribution in [3.8, 4) is 10.4 Å². The Balaban J connectivity index is 1.86. The second-order valence-corrected chi connectivity index (χ2v) is 7.97. The normalized spacial score (nSPS) is 27.1. The van der Waals surface area contributed by atoms with Crippen LogP contribution in [0.2, 0.25) is 5.02 Å². The van der Waals surface area contributed by atoms with Crippen LogP contribution in [0.1, 0.15) is 31.2 Å². The summed E-state index contributed by atoms with van der Waals surface area (Å²) in [5.41, 5.74) is 6.19. The number of nitrogens with zero attached hydrogens (tertiary/aromatic N) is 1. The van der Waals surface area contributed by atoms with Gasteiger partial charge in [0.05, 0.1) is 10.8 Å². The molecule has 3 rings (SSSR count). The molecule has 1 heterocycles. The molecule has 128 valence electrons. The Morgan fingerprint density at radius 3 is 2.83 bits per heavy atom. The topological polar surface area (TPSA) is 96.4 Å². The van der Waals surface area contributed by atoms with E-state index in [1.807, 2.05) is 19.1 Å². The molecule has 0 saturated heterocycles. The number of hydrogen-bond acceptors (Lipinski definition) is 5. The highest BCUT2D eigenvalue weighted by Crippen LogP contribution is 2.45. The lowest BCUT2D eigenvalue weighted by molar-refractivity contribution is -0.148. The Morgan fingerprint density at radius 1 is 1.46 bits per heavy atom. The number of aliphatic hydroxyl groups is 1. The number of halogens is 1. The number of hydrogen-bond donors (Lipinski definition) is 3. The summed E-state index contributed by atoms with van der Waals surface area (Å²) in [5.74, 6) is -1.30. The lowest BCUT2D eigenvalue weighted by atomic mass is 9.72. The Bertz CT molecular complexity index is 759. The highest BCUT2D eigenvalue weighted by Gasteiger charge is 2.43. The molecule has 0 radical (unpaired) electrons. The van der Waals surface area contributed by atoms with Crippen molar-refractivity contribution in [2.24, 2.45) is 11.8 Å². The molecule has 5 nitrogen and oxygen atoms in total. The Kier molecular flexibility index (Phi) is 4.55. The summed E-state index contributed by atoms with van der Waals surface area (Å²) < 4.78 is 0. The zero-order valence-corrected chi connectivity index (χ0v) is 14.8. The van der Waals surface area contributed by atoms with E-state index >= 15 is 0 Å². The molecular weight excluding hydrogens is 348 g/mol. The Hall–Kier alpha value is -1.63. The van der Waals surface area contributed by atoms with E-state index in [9.17, 15) is 15.0 Å². The van der Waals surface area contributed by atoms with E-state index in [-0.39, 0.29) is 5.92 Å². The van der Waals surface area contributed by atoms with Crippen molar-refractivity contribution in [2.45, 2.75) is 31.8 Å². The van der Waals surface area contributed by atoms with Gasteiger partial charge in [-0.2, -0.15) is 0 Å². The average Bonchev–Trinajstić information content (AvgIpc) is 2.96. The van der Waals surface area contributed by atoms with Crippen LogP contribution < -0.4 is 5.73 Å². The monoisotopic (exact) mass is 366 g/mol. The lowest BCUT2D eigenvalue weighted by Crippen LogP contribution is -2.38. The number of aliphatic carboxylic acids is 1. The van der Waals surface area contributed by atoms with Gasteiger partial charge < -0.3 is 15.9 Å². The summed E-state index contributed by atoms with van der Waals surface area (Å²) in [7, 11) is 0. The highest BCUT2D eigenvalue weighted by atomic mass is 35.5. The fraction of sp³-hybridized carbons (Fsp3) is 0.412. The molecule has 0 bridgehead atoms. The van der Waals surface area contributed by atoms with E-state index in [0.717, 1.165) is 10.4 Å². The molecule has 3 atom stereocenters. The van der Waals surface area contributed by atoms with Crippen molar-refractivity contribution in [1.29, 1.82) is 0 Å². The number of nitrogens with two attached hydrogens (primary N) is 1.